The topological polar surface area (TPSA) is 49.8 Å². The van der Waals surface area contributed by atoms with Crippen LogP contribution in [-0.2, 0) is 6.42 Å². The second kappa shape index (κ2) is 5.86. The summed E-state index contributed by atoms with van der Waals surface area (Å²) in [5, 5.41) is 9.00. The van der Waals surface area contributed by atoms with Crippen molar-refractivity contribution in [3.63, 3.8) is 0 Å². The number of carbonyl (C=O) groups is 1. The van der Waals surface area contributed by atoms with Gasteiger partial charge >= 0.3 is 5.97 Å². The van der Waals surface area contributed by atoms with Crippen molar-refractivity contribution in [2.45, 2.75) is 13.3 Å². The largest absolute Gasteiger partial charge is 0.490 e. The van der Waals surface area contributed by atoms with Gasteiger partial charge in [0, 0.05) is 11.4 Å². The fraction of sp³-hybridized carbons (Fsp3) is 0.545. The summed E-state index contributed by atoms with van der Waals surface area (Å²) in [6, 6.07) is 1.82. The minimum absolute atomic E-state index is 0.301. The summed E-state index contributed by atoms with van der Waals surface area (Å²) in [5.74, 6) is -0.416. The normalized spacial score (nSPS) is 10.8. The number of likely N-dealkylation sites (N-methyl/N-ethyl adjacent to an activating group) is 1. The first-order chi connectivity index (χ1) is 7.54. The highest BCUT2D eigenvalue weighted by molar-refractivity contribution is 7.14. The minimum atomic E-state index is -0.912. The lowest BCUT2D eigenvalue weighted by Gasteiger charge is -2.10. The van der Waals surface area contributed by atoms with E-state index in [4.69, 9.17) is 9.84 Å². The highest BCUT2D eigenvalue weighted by Gasteiger charge is 2.15. The molecular weight excluding hydrogens is 226 g/mol. The summed E-state index contributed by atoms with van der Waals surface area (Å²) in [7, 11) is 3.90. The Balaban J connectivity index is 2.69. The van der Waals surface area contributed by atoms with E-state index < -0.39 is 5.97 Å². The number of hydrogen-bond donors (Lipinski definition) is 1. The van der Waals surface area contributed by atoms with Gasteiger partial charge in [0.25, 0.3) is 0 Å². The summed E-state index contributed by atoms with van der Waals surface area (Å²) < 4.78 is 5.48. The first-order valence-electron chi connectivity index (χ1n) is 5.18. The van der Waals surface area contributed by atoms with Gasteiger partial charge in [-0.05, 0) is 26.6 Å². The first-order valence-corrected chi connectivity index (χ1v) is 5.99. The van der Waals surface area contributed by atoms with E-state index in [-0.39, 0.29) is 0 Å². The van der Waals surface area contributed by atoms with Crippen molar-refractivity contribution in [1.29, 1.82) is 0 Å². The van der Waals surface area contributed by atoms with Crippen LogP contribution < -0.4 is 4.74 Å². The molecule has 0 atom stereocenters. The van der Waals surface area contributed by atoms with Gasteiger partial charge in [0.1, 0.15) is 12.4 Å². The molecule has 0 aromatic carbocycles. The van der Waals surface area contributed by atoms with Crippen LogP contribution in [-0.4, -0.2) is 43.2 Å². The molecule has 0 aliphatic heterocycles. The van der Waals surface area contributed by atoms with E-state index in [2.05, 4.69) is 0 Å². The molecule has 0 unspecified atom stereocenters. The standard InChI is InChI=1S/C11H17NO3S/c1-4-8-7-9(10(16-8)11(13)14)15-6-5-12(2)3/h7H,4-6H2,1-3H3,(H,13,14). The monoisotopic (exact) mass is 243 g/mol. The van der Waals surface area contributed by atoms with Crippen LogP contribution in [0.25, 0.3) is 0 Å². The number of rotatable bonds is 6. The highest BCUT2D eigenvalue weighted by Crippen LogP contribution is 2.29. The van der Waals surface area contributed by atoms with E-state index in [1.165, 1.54) is 11.3 Å². The summed E-state index contributed by atoms with van der Waals surface area (Å²) in [4.78, 5) is 14.3. The van der Waals surface area contributed by atoms with Crippen molar-refractivity contribution in [3.05, 3.63) is 15.8 Å². The van der Waals surface area contributed by atoms with Crippen molar-refractivity contribution in [3.8, 4) is 5.75 Å². The molecule has 0 fully saturated rings. The molecule has 0 aliphatic carbocycles. The maximum atomic E-state index is 11.0. The van der Waals surface area contributed by atoms with E-state index in [1.54, 1.807) is 0 Å². The van der Waals surface area contributed by atoms with E-state index in [0.717, 1.165) is 17.8 Å². The predicted octanol–water partition coefficient (Wildman–Crippen LogP) is 1.95. The van der Waals surface area contributed by atoms with Crippen LogP contribution in [0.4, 0.5) is 0 Å². The van der Waals surface area contributed by atoms with E-state index in [0.29, 0.717) is 17.2 Å². The molecular formula is C11H17NO3S. The van der Waals surface area contributed by atoms with Crippen LogP contribution >= 0.6 is 11.3 Å². The molecule has 0 saturated heterocycles. The van der Waals surface area contributed by atoms with Crippen molar-refractivity contribution >= 4 is 17.3 Å². The van der Waals surface area contributed by atoms with Gasteiger partial charge in [-0.3, -0.25) is 0 Å². The molecule has 1 heterocycles. The fourth-order valence-corrected chi connectivity index (χ4v) is 2.07. The van der Waals surface area contributed by atoms with Crippen molar-refractivity contribution in [2.24, 2.45) is 0 Å². The Hall–Kier alpha value is -1.07. The van der Waals surface area contributed by atoms with Crippen LogP contribution in [0.3, 0.4) is 0 Å². The SMILES string of the molecule is CCc1cc(OCCN(C)C)c(C(=O)O)s1. The Morgan fingerprint density at radius 1 is 1.56 bits per heavy atom. The molecule has 16 heavy (non-hydrogen) atoms. The highest BCUT2D eigenvalue weighted by atomic mass is 32.1. The van der Waals surface area contributed by atoms with Gasteiger partial charge in [0.05, 0.1) is 0 Å². The maximum absolute atomic E-state index is 11.0. The zero-order valence-corrected chi connectivity index (χ0v) is 10.6. The third-order valence-electron chi connectivity index (χ3n) is 2.09. The lowest BCUT2D eigenvalue weighted by molar-refractivity contribution is 0.0698. The van der Waals surface area contributed by atoms with Crippen LogP contribution in [0.2, 0.25) is 0 Å². The van der Waals surface area contributed by atoms with Crippen molar-refractivity contribution in [1.82, 2.24) is 4.90 Å². The minimum Gasteiger partial charge on any atom is -0.490 e. The van der Waals surface area contributed by atoms with E-state index >= 15 is 0 Å². The summed E-state index contributed by atoms with van der Waals surface area (Å²) in [5.41, 5.74) is 0. The molecule has 0 spiro atoms. The maximum Gasteiger partial charge on any atom is 0.349 e. The lowest BCUT2D eigenvalue weighted by atomic mass is 10.3. The third-order valence-corrected chi connectivity index (χ3v) is 3.34. The number of ether oxygens (including phenoxy) is 1. The number of nitrogens with zero attached hydrogens (tertiary/aromatic N) is 1. The van der Waals surface area contributed by atoms with Crippen molar-refractivity contribution in [2.75, 3.05) is 27.2 Å². The van der Waals surface area contributed by atoms with Crippen LogP contribution in [0.1, 0.15) is 21.5 Å². The molecule has 0 saturated carbocycles. The number of aromatic carboxylic acids is 1. The number of carboxylic acids is 1. The molecule has 0 bridgehead atoms. The number of aryl methyl sites for hydroxylation is 1. The van der Waals surface area contributed by atoms with Gasteiger partial charge in [0.2, 0.25) is 0 Å². The predicted molar refractivity (Wildman–Crippen MR) is 64.7 cm³/mol. The Morgan fingerprint density at radius 3 is 2.75 bits per heavy atom. The van der Waals surface area contributed by atoms with E-state index in [9.17, 15) is 4.79 Å². The quantitative estimate of drug-likeness (QED) is 0.829. The average Bonchev–Trinajstić information content (AvgIpc) is 2.60. The molecule has 0 aliphatic rings. The van der Waals surface area contributed by atoms with Crippen LogP contribution in [0.15, 0.2) is 6.07 Å². The van der Waals surface area contributed by atoms with Gasteiger partial charge in [0.15, 0.2) is 4.88 Å². The van der Waals surface area contributed by atoms with Crippen molar-refractivity contribution < 1.29 is 14.6 Å². The molecule has 1 N–H and O–H groups in total. The average molecular weight is 243 g/mol. The molecule has 1 aromatic rings. The number of thiophene rings is 1. The second-order valence-electron chi connectivity index (χ2n) is 3.72. The summed E-state index contributed by atoms with van der Waals surface area (Å²) >= 11 is 1.29. The fourth-order valence-electron chi connectivity index (χ4n) is 1.19. The number of carboxylic acid groups (broad SMARTS) is 1. The molecule has 1 aromatic heterocycles. The van der Waals surface area contributed by atoms with Crippen LogP contribution in [0.5, 0.6) is 5.75 Å². The summed E-state index contributed by atoms with van der Waals surface area (Å²) in [6.45, 7) is 3.28. The third kappa shape index (κ3) is 3.50. The molecule has 0 radical (unpaired) electrons. The molecule has 0 amide bonds. The lowest BCUT2D eigenvalue weighted by Crippen LogP contribution is -2.19. The van der Waals surface area contributed by atoms with Crippen LogP contribution in [0, 0.1) is 0 Å². The van der Waals surface area contributed by atoms with Gasteiger partial charge in [-0.2, -0.15) is 0 Å². The Kier molecular flexibility index (Phi) is 4.76. The van der Waals surface area contributed by atoms with Gasteiger partial charge < -0.3 is 14.7 Å². The first kappa shape index (κ1) is 13.0. The zero-order chi connectivity index (χ0) is 12.1. The summed E-state index contributed by atoms with van der Waals surface area (Å²) in [6.07, 6.45) is 0.835. The Morgan fingerprint density at radius 2 is 2.25 bits per heavy atom. The van der Waals surface area contributed by atoms with Gasteiger partial charge in [-0.25, -0.2) is 4.79 Å². The molecule has 4 nitrogen and oxygen atoms in total. The molecule has 90 valence electrons. The van der Waals surface area contributed by atoms with Gasteiger partial charge in [-0.1, -0.05) is 6.92 Å². The Bertz CT molecular complexity index is 360. The second-order valence-corrected chi connectivity index (χ2v) is 4.85. The smallest absolute Gasteiger partial charge is 0.349 e. The number of hydrogen-bond acceptors (Lipinski definition) is 4. The Labute approximate surface area is 99.5 Å². The molecule has 5 heteroatoms. The molecule has 1 rings (SSSR count). The van der Waals surface area contributed by atoms with E-state index in [1.807, 2.05) is 32.0 Å². The zero-order valence-electron chi connectivity index (χ0n) is 9.82. The van der Waals surface area contributed by atoms with Gasteiger partial charge in [-0.15, -0.1) is 11.3 Å².